The average Bonchev–Trinajstić information content (AvgIpc) is 2.79. The number of hydrogen-bond donors (Lipinski definition) is 0. The predicted octanol–water partition coefficient (Wildman–Crippen LogP) is 2.27. The highest BCUT2D eigenvalue weighted by molar-refractivity contribution is 5.64. The number of hydrogen-bond acceptors (Lipinski definition) is 6. The van der Waals surface area contributed by atoms with Crippen molar-refractivity contribution >= 4 is 6.16 Å². The van der Waals surface area contributed by atoms with E-state index in [1.807, 2.05) is 6.07 Å². The fourth-order valence-corrected chi connectivity index (χ4v) is 1.19. The van der Waals surface area contributed by atoms with Crippen LogP contribution in [0.25, 0.3) is 11.3 Å². The van der Waals surface area contributed by atoms with E-state index < -0.39 is 6.16 Å². The summed E-state index contributed by atoms with van der Waals surface area (Å²) in [4.78, 5) is 15.0. The van der Waals surface area contributed by atoms with Crippen molar-refractivity contribution in [1.82, 2.24) is 10.1 Å². The van der Waals surface area contributed by atoms with Crippen LogP contribution in [0.3, 0.4) is 0 Å². The first-order valence-electron chi connectivity index (χ1n) is 5.01. The SMILES string of the molecule is CCOC(=O)Oc1cc(-c2cccnc2)no1. The molecule has 0 saturated heterocycles. The van der Waals surface area contributed by atoms with E-state index in [1.165, 1.54) is 6.07 Å². The van der Waals surface area contributed by atoms with Crippen LogP contribution >= 0.6 is 0 Å². The Morgan fingerprint density at radius 3 is 3.12 bits per heavy atom. The number of ether oxygens (including phenoxy) is 2. The van der Waals surface area contributed by atoms with Crippen LogP contribution in [0.1, 0.15) is 6.92 Å². The van der Waals surface area contributed by atoms with E-state index in [2.05, 4.69) is 14.9 Å². The molecule has 0 unspecified atom stereocenters. The Morgan fingerprint density at radius 1 is 1.53 bits per heavy atom. The van der Waals surface area contributed by atoms with Gasteiger partial charge in [-0.25, -0.2) is 4.79 Å². The molecule has 0 aliphatic carbocycles. The molecule has 6 nitrogen and oxygen atoms in total. The minimum atomic E-state index is -0.818. The highest BCUT2D eigenvalue weighted by Crippen LogP contribution is 2.22. The smallest absolute Gasteiger partial charge is 0.434 e. The lowest BCUT2D eigenvalue weighted by molar-refractivity contribution is 0.0917. The molecule has 0 atom stereocenters. The third-order valence-corrected chi connectivity index (χ3v) is 1.89. The topological polar surface area (TPSA) is 74.5 Å². The van der Waals surface area contributed by atoms with Crippen molar-refractivity contribution in [3.63, 3.8) is 0 Å². The molecular weight excluding hydrogens is 224 g/mol. The molecule has 0 aromatic carbocycles. The summed E-state index contributed by atoms with van der Waals surface area (Å²) in [5, 5.41) is 3.75. The summed E-state index contributed by atoms with van der Waals surface area (Å²) in [5.41, 5.74) is 1.31. The molecule has 0 saturated carbocycles. The maximum Gasteiger partial charge on any atom is 0.516 e. The molecule has 0 bridgehead atoms. The summed E-state index contributed by atoms with van der Waals surface area (Å²) < 4.78 is 14.2. The van der Waals surface area contributed by atoms with Crippen molar-refractivity contribution in [3.8, 4) is 17.2 Å². The van der Waals surface area contributed by atoms with Crippen LogP contribution in [0.5, 0.6) is 5.95 Å². The highest BCUT2D eigenvalue weighted by Gasteiger charge is 2.11. The second-order valence-corrected chi connectivity index (χ2v) is 3.06. The highest BCUT2D eigenvalue weighted by atomic mass is 16.8. The normalized spacial score (nSPS) is 9.94. The van der Waals surface area contributed by atoms with Crippen LogP contribution in [0.2, 0.25) is 0 Å². The molecule has 2 aromatic heterocycles. The number of pyridine rings is 1. The standard InChI is InChI=1S/C11H10N2O4/c1-2-15-11(14)16-10-6-9(13-17-10)8-4-3-5-12-7-8/h3-7H,2H2,1H3. The minimum absolute atomic E-state index is 0.0118. The van der Waals surface area contributed by atoms with Gasteiger partial charge in [0.05, 0.1) is 12.7 Å². The molecule has 0 amide bonds. The Balaban J connectivity index is 2.09. The first-order chi connectivity index (χ1) is 8.29. The van der Waals surface area contributed by atoms with Crippen LogP contribution in [-0.4, -0.2) is 22.9 Å². The van der Waals surface area contributed by atoms with Crippen LogP contribution < -0.4 is 4.74 Å². The van der Waals surface area contributed by atoms with E-state index in [9.17, 15) is 4.79 Å². The Bertz CT molecular complexity index is 495. The Hall–Kier alpha value is -2.37. The van der Waals surface area contributed by atoms with E-state index in [0.29, 0.717) is 5.69 Å². The molecule has 17 heavy (non-hydrogen) atoms. The Morgan fingerprint density at radius 2 is 2.41 bits per heavy atom. The molecule has 2 aromatic rings. The molecule has 6 heteroatoms. The van der Waals surface area contributed by atoms with Gasteiger partial charge in [0.25, 0.3) is 0 Å². The van der Waals surface area contributed by atoms with Gasteiger partial charge in [-0.2, -0.15) is 0 Å². The quantitative estimate of drug-likeness (QED) is 0.758. The second-order valence-electron chi connectivity index (χ2n) is 3.06. The minimum Gasteiger partial charge on any atom is -0.434 e. The molecule has 0 aliphatic heterocycles. The molecular formula is C11H10N2O4. The van der Waals surface area contributed by atoms with Crippen molar-refractivity contribution < 1.29 is 18.8 Å². The summed E-state index contributed by atoms with van der Waals surface area (Å²) >= 11 is 0. The van der Waals surface area contributed by atoms with E-state index in [1.54, 1.807) is 25.4 Å². The van der Waals surface area contributed by atoms with E-state index in [-0.39, 0.29) is 12.6 Å². The van der Waals surface area contributed by atoms with E-state index in [4.69, 9.17) is 9.26 Å². The number of rotatable bonds is 3. The molecule has 88 valence electrons. The van der Waals surface area contributed by atoms with Gasteiger partial charge in [0.2, 0.25) is 0 Å². The fraction of sp³-hybridized carbons (Fsp3) is 0.182. The van der Waals surface area contributed by atoms with Crippen molar-refractivity contribution in [2.45, 2.75) is 6.92 Å². The van der Waals surface area contributed by atoms with Gasteiger partial charge in [-0.05, 0) is 19.1 Å². The van der Waals surface area contributed by atoms with Gasteiger partial charge in [-0.1, -0.05) is 5.16 Å². The molecule has 0 radical (unpaired) electrons. The maximum absolute atomic E-state index is 11.0. The molecule has 0 fully saturated rings. The fourth-order valence-electron chi connectivity index (χ4n) is 1.19. The third-order valence-electron chi connectivity index (χ3n) is 1.89. The molecule has 0 N–H and O–H groups in total. The lowest BCUT2D eigenvalue weighted by Crippen LogP contribution is -2.09. The summed E-state index contributed by atoms with van der Waals surface area (Å²) in [6.45, 7) is 1.92. The van der Waals surface area contributed by atoms with Gasteiger partial charge in [-0.15, -0.1) is 0 Å². The van der Waals surface area contributed by atoms with Crippen molar-refractivity contribution in [3.05, 3.63) is 30.6 Å². The van der Waals surface area contributed by atoms with Crippen LogP contribution in [0.4, 0.5) is 4.79 Å². The zero-order valence-electron chi connectivity index (χ0n) is 9.12. The third kappa shape index (κ3) is 2.81. The van der Waals surface area contributed by atoms with Gasteiger partial charge in [0.1, 0.15) is 5.69 Å². The molecule has 2 rings (SSSR count). The zero-order valence-corrected chi connectivity index (χ0v) is 9.12. The van der Waals surface area contributed by atoms with Gasteiger partial charge in [0.15, 0.2) is 0 Å². The number of nitrogens with zero attached hydrogens (tertiary/aromatic N) is 2. The predicted molar refractivity (Wildman–Crippen MR) is 57.4 cm³/mol. The van der Waals surface area contributed by atoms with Crippen molar-refractivity contribution in [1.29, 1.82) is 0 Å². The summed E-state index contributed by atoms with van der Waals surface area (Å²) in [5.74, 6) is -0.0118. The molecule has 0 aliphatic rings. The Labute approximate surface area is 97.2 Å². The van der Waals surface area contributed by atoms with E-state index >= 15 is 0 Å². The number of aromatic nitrogens is 2. The van der Waals surface area contributed by atoms with Crippen LogP contribution in [0.15, 0.2) is 35.1 Å². The van der Waals surface area contributed by atoms with Crippen LogP contribution in [-0.2, 0) is 4.74 Å². The molecule has 2 heterocycles. The first-order valence-corrected chi connectivity index (χ1v) is 5.01. The van der Waals surface area contributed by atoms with Crippen molar-refractivity contribution in [2.24, 2.45) is 0 Å². The average molecular weight is 234 g/mol. The maximum atomic E-state index is 11.0. The largest absolute Gasteiger partial charge is 0.516 e. The Kier molecular flexibility index (Phi) is 3.34. The lowest BCUT2D eigenvalue weighted by atomic mass is 10.2. The van der Waals surface area contributed by atoms with Gasteiger partial charge in [-0.3, -0.25) is 4.98 Å². The van der Waals surface area contributed by atoms with Gasteiger partial charge >= 0.3 is 12.1 Å². The lowest BCUT2D eigenvalue weighted by Gasteiger charge is -1.97. The zero-order chi connectivity index (χ0) is 12.1. The van der Waals surface area contributed by atoms with Gasteiger partial charge in [0, 0.05) is 18.0 Å². The first kappa shape index (κ1) is 11.1. The second kappa shape index (κ2) is 5.11. The molecule has 0 spiro atoms. The number of carbonyl (C=O) groups is 1. The van der Waals surface area contributed by atoms with Crippen molar-refractivity contribution in [2.75, 3.05) is 6.61 Å². The van der Waals surface area contributed by atoms with E-state index in [0.717, 1.165) is 5.56 Å². The summed E-state index contributed by atoms with van der Waals surface area (Å²) in [7, 11) is 0. The summed E-state index contributed by atoms with van der Waals surface area (Å²) in [6.07, 6.45) is 2.47. The summed E-state index contributed by atoms with van der Waals surface area (Å²) in [6, 6.07) is 5.09. The monoisotopic (exact) mass is 234 g/mol. The van der Waals surface area contributed by atoms with Gasteiger partial charge < -0.3 is 14.0 Å². The van der Waals surface area contributed by atoms with Crippen LogP contribution in [0, 0.1) is 0 Å². The number of carbonyl (C=O) groups excluding carboxylic acids is 1.